The molecule has 1 aliphatic carbocycles. The third-order valence-electron chi connectivity index (χ3n) is 2.37. The fourth-order valence-corrected chi connectivity index (χ4v) is 1.77. The molecule has 11 heavy (non-hydrogen) atoms. The Morgan fingerprint density at radius 1 is 1.18 bits per heavy atom. The quantitative estimate of drug-likeness (QED) is 0.537. The van der Waals surface area contributed by atoms with Crippen LogP contribution in [0, 0.1) is 5.92 Å². The normalized spacial score (nSPS) is 20.2. The maximum absolute atomic E-state index is 3.81. The number of rotatable bonds is 3. The minimum Gasteiger partial charge on any atom is -0.0991 e. The van der Waals surface area contributed by atoms with E-state index in [1.165, 1.54) is 31.3 Å². The maximum atomic E-state index is 3.81. The second kappa shape index (κ2) is 4.17. The van der Waals surface area contributed by atoms with Crippen LogP contribution in [0.25, 0.3) is 0 Å². The summed E-state index contributed by atoms with van der Waals surface area (Å²) in [6.45, 7) is 7.50. The highest BCUT2D eigenvalue weighted by Crippen LogP contribution is 2.31. The largest absolute Gasteiger partial charge is 0.0991 e. The second-order valence-electron chi connectivity index (χ2n) is 3.09. The summed E-state index contributed by atoms with van der Waals surface area (Å²) in [5, 5.41) is 0. The molecule has 60 valence electrons. The molecule has 0 spiro atoms. The lowest BCUT2D eigenvalue weighted by Gasteiger charge is -2.08. The van der Waals surface area contributed by atoms with Crippen molar-refractivity contribution in [3.05, 3.63) is 37.0 Å². The number of hydrogen-bond donors (Lipinski definition) is 0. The minimum absolute atomic E-state index is 0.769. The summed E-state index contributed by atoms with van der Waals surface area (Å²) in [4.78, 5) is 0. The highest BCUT2D eigenvalue weighted by molar-refractivity contribution is 5.24. The Balaban J connectivity index is 2.60. The zero-order chi connectivity index (χ0) is 8.10. The molecule has 0 heteroatoms. The lowest BCUT2D eigenvalue weighted by atomic mass is 9.97. The van der Waals surface area contributed by atoms with Gasteiger partial charge < -0.3 is 0 Å². The molecule has 1 aliphatic rings. The van der Waals surface area contributed by atoms with Gasteiger partial charge in [0.25, 0.3) is 0 Å². The van der Waals surface area contributed by atoms with E-state index in [1.807, 2.05) is 12.2 Å². The van der Waals surface area contributed by atoms with Crippen LogP contribution in [-0.4, -0.2) is 0 Å². The van der Waals surface area contributed by atoms with E-state index >= 15 is 0 Å². The van der Waals surface area contributed by atoms with Gasteiger partial charge in [-0.25, -0.2) is 0 Å². The molecule has 0 aromatic rings. The Bertz CT molecular complexity index is 168. The van der Waals surface area contributed by atoms with Crippen LogP contribution in [0.3, 0.4) is 0 Å². The molecule has 0 amide bonds. The van der Waals surface area contributed by atoms with Crippen molar-refractivity contribution in [2.75, 3.05) is 0 Å². The van der Waals surface area contributed by atoms with E-state index in [9.17, 15) is 0 Å². The van der Waals surface area contributed by atoms with Gasteiger partial charge in [-0.05, 0) is 24.3 Å². The van der Waals surface area contributed by atoms with Gasteiger partial charge in [-0.2, -0.15) is 0 Å². The SMILES string of the molecule is C=C/C=C(\C=C)C1CCCC1. The van der Waals surface area contributed by atoms with E-state index in [0.717, 1.165) is 5.92 Å². The third-order valence-corrected chi connectivity index (χ3v) is 2.37. The van der Waals surface area contributed by atoms with E-state index in [1.54, 1.807) is 0 Å². The zero-order valence-corrected chi connectivity index (χ0v) is 7.05. The Labute approximate surface area is 69.3 Å². The van der Waals surface area contributed by atoms with E-state index in [4.69, 9.17) is 0 Å². The van der Waals surface area contributed by atoms with Crippen molar-refractivity contribution < 1.29 is 0 Å². The molecular weight excluding hydrogens is 132 g/mol. The van der Waals surface area contributed by atoms with Crippen LogP contribution in [0.15, 0.2) is 37.0 Å². The molecule has 0 heterocycles. The summed E-state index contributed by atoms with van der Waals surface area (Å²) in [7, 11) is 0. The van der Waals surface area contributed by atoms with Crippen LogP contribution >= 0.6 is 0 Å². The highest BCUT2D eigenvalue weighted by Gasteiger charge is 2.16. The fourth-order valence-electron chi connectivity index (χ4n) is 1.77. The van der Waals surface area contributed by atoms with Gasteiger partial charge in [-0.3, -0.25) is 0 Å². The molecule has 0 saturated heterocycles. The lowest BCUT2D eigenvalue weighted by Crippen LogP contribution is -1.94. The van der Waals surface area contributed by atoms with Gasteiger partial charge in [-0.1, -0.05) is 44.2 Å². The zero-order valence-electron chi connectivity index (χ0n) is 7.05. The summed E-state index contributed by atoms with van der Waals surface area (Å²) >= 11 is 0. The summed E-state index contributed by atoms with van der Waals surface area (Å²) in [5.74, 6) is 0.769. The predicted octanol–water partition coefficient (Wildman–Crippen LogP) is 3.48. The van der Waals surface area contributed by atoms with Gasteiger partial charge >= 0.3 is 0 Å². The van der Waals surface area contributed by atoms with Gasteiger partial charge in [0.2, 0.25) is 0 Å². The van der Waals surface area contributed by atoms with Crippen LogP contribution in [-0.2, 0) is 0 Å². The van der Waals surface area contributed by atoms with Gasteiger partial charge in [0, 0.05) is 0 Å². The average Bonchev–Trinajstić information content (AvgIpc) is 2.52. The first-order chi connectivity index (χ1) is 5.38. The molecule has 1 saturated carbocycles. The van der Waals surface area contributed by atoms with Crippen LogP contribution in [0.2, 0.25) is 0 Å². The van der Waals surface area contributed by atoms with Crippen molar-refractivity contribution in [3.63, 3.8) is 0 Å². The average molecular weight is 148 g/mol. The van der Waals surface area contributed by atoms with E-state index in [0.29, 0.717) is 0 Å². The maximum Gasteiger partial charge on any atom is -0.0162 e. The van der Waals surface area contributed by atoms with Crippen LogP contribution in [0.5, 0.6) is 0 Å². The summed E-state index contributed by atoms with van der Waals surface area (Å²) < 4.78 is 0. The van der Waals surface area contributed by atoms with E-state index in [-0.39, 0.29) is 0 Å². The van der Waals surface area contributed by atoms with Gasteiger partial charge in [0.15, 0.2) is 0 Å². The van der Waals surface area contributed by atoms with Gasteiger partial charge in [0.1, 0.15) is 0 Å². The van der Waals surface area contributed by atoms with Crippen molar-refractivity contribution in [2.24, 2.45) is 5.92 Å². The first-order valence-corrected chi connectivity index (χ1v) is 4.33. The van der Waals surface area contributed by atoms with E-state index < -0.39 is 0 Å². The van der Waals surface area contributed by atoms with Crippen molar-refractivity contribution in [3.8, 4) is 0 Å². The van der Waals surface area contributed by atoms with Gasteiger partial charge in [0.05, 0.1) is 0 Å². The van der Waals surface area contributed by atoms with Crippen molar-refractivity contribution in [1.82, 2.24) is 0 Å². The summed E-state index contributed by atoms with van der Waals surface area (Å²) in [5.41, 5.74) is 1.37. The molecule has 0 aromatic carbocycles. The second-order valence-corrected chi connectivity index (χ2v) is 3.09. The molecule has 0 aliphatic heterocycles. The third kappa shape index (κ3) is 2.07. The Hall–Kier alpha value is -0.780. The molecule has 1 fully saturated rings. The topological polar surface area (TPSA) is 0 Å². The molecule has 0 nitrogen and oxygen atoms in total. The first-order valence-electron chi connectivity index (χ1n) is 4.33. The molecule has 0 N–H and O–H groups in total. The van der Waals surface area contributed by atoms with Crippen LogP contribution < -0.4 is 0 Å². The van der Waals surface area contributed by atoms with Crippen molar-refractivity contribution >= 4 is 0 Å². The Morgan fingerprint density at radius 3 is 2.27 bits per heavy atom. The van der Waals surface area contributed by atoms with E-state index in [2.05, 4.69) is 19.2 Å². The summed E-state index contributed by atoms with van der Waals surface area (Å²) in [6.07, 6.45) is 11.4. The monoisotopic (exact) mass is 148 g/mol. The Morgan fingerprint density at radius 2 is 1.82 bits per heavy atom. The molecular formula is C11H16. The molecule has 0 unspecified atom stereocenters. The summed E-state index contributed by atoms with van der Waals surface area (Å²) in [6, 6.07) is 0. The lowest BCUT2D eigenvalue weighted by molar-refractivity contribution is 0.658. The standard InChI is InChI=1S/C11H16/c1-3-7-10(4-2)11-8-5-6-9-11/h3-4,7,11H,1-2,5-6,8-9H2/b10-7+. The van der Waals surface area contributed by atoms with Crippen LogP contribution in [0.4, 0.5) is 0 Å². The number of allylic oxidation sites excluding steroid dienone is 4. The molecule has 0 atom stereocenters. The fraction of sp³-hybridized carbons (Fsp3) is 0.455. The highest BCUT2D eigenvalue weighted by atomic mass is 14.2. The number of hydrogen-bond acceptors (Lipinski definition) is 0. The molecule has 0 aromatic heterocycles. The van der Waals surface area contributed by atoms with Crippen LogP contribution in [0.1, 0.15) is 25.7 Å². The van der Waals surface area contributed by atoms with Gasteiger partial charge in [-0.15, -0.1) is 0 Å². The smallest absolute Gasteiger partial charge is 0.0162 e. The Kier molecular flexibility index (Phi) is 3.15. The minimum atomic E-state index is 0.769. The molecule has 0 bridgehead atoms. The molecule has 1 rings (SSSR count). The van der Waals surface area contributed by atoms with Crippen molar-refractivity contribution in [2.45, 2.75) is 25.7 Å². The first kappa shape index (κ1) is 8.32. The molecule has 0 radical (unpaired) electrons. The van der Waals surface area contributed by atoms with Crippen molar-refractivity contribution in [1.29, 1.82) is 0 Å². The predicted molar refractivity (Wildman–Crippen MR) is 50.4 cm³/mol.